The lowest BCUT2D eigenvalue weighted by Crippen LogP contribution is -1.96. The van der Waals surface area contributed by atoms with Crippen LogP contribution in [0.25, 0.3) is 0 Å². The number of hydrogen-bond acceptors (Lipinski definition) is 1. The average molecular weight is 178 g/mol. The molecule has 1 aromatic rings. The quantitative estimate of drug-likeness (QED) is 0.684. The molecule has 1 nitrogen and oxygen atoms in total. The SMILES string of the molecule is CCCOc1cccc(C(C)C)c1. The molecule has 1 aromatic carbocycles. The van der Waals surface area contributed by atoms with Crippen LogP contribution in [-0.4, -0.2) is 6.61 Å². The smallest absolute Gasteiger partial charge is 0.119 e. The van der Waals surface area contributed by atoms with Crippen LogP contribution < -0.4 is 4.74 Å². The van der Waals surface area contributed by atoms with Crippen molar-refractivity contribution >= 4 is 0 Å². The molecule has 13 heavy (non-hydrogen) atoms. The minimum absolute atomic E-state index is 0.574. The van der Waals surface area contributed by atoms with E-state index in [4.69, 9.17) is 4.74 Å². The van der Waals surface area contributed by atoms with Crippen LogP contribution in [0, 0.1) is 0 Å². The Morgan fingerprint density at radius 1 is 1.31 bits per heavy atom. The van der Waals surface area contributed by atoms with Crippen molar-refractivity contribution in [1.82, 2.24) is 0 Å². The Morgan fingerprint density at radius 3 is 2.69 bits per heavy atom. The largest absolute Gasteiger partial charge is 0.494 e. The molecule has 0 atom stereocenters. The van der Waals surface area contributed by atoms with Crippen molar-refractivity contribution in [2.75, 3.05) is 6.61 Å². The molecule has 0 radical (unpaired) electrons. The normalized spacial score (nSPS) is 10.5. The molecule has 0 aromatic heterocycles. The van der Waals surface area contributed by atoms with E-state index in [2.05, 4.69) is 39.0 Å². The maximum atomic E-state index is 5.55. The number of benzene rings is 1. The van der Waals surface area contributed by atoms with Gasteiger partial charge >= 0.3 is 0 Å². The second-order valence-corrected chi connectivity index (χ2v) is 3.58. The molecule has 1 heteroatoms. The first-order valence-corrected chi connectivity index (χ1v) is 4.96. The molecule has 0 spiro atoms. The van der Waals surface area contributed by atoms with Crippen LogP contribution in [-0.2, 0) is 0 Å². The van der Waals surface area contributed by atoms with Crippen molar-refractivity contribution in [1.29, 1.82) is 0 Å². The van der Waals surface area contributed by atoms with Crippen molar-refractivity contribution in [3.8, 4) is 5.75 Å². The van der Waals surface area contributed by atoms with Gasteiger partial charge in [0.1, 0.15) is 5.75 Å². The van der Waals surface area contributed by atoms with Crippen LogP contribution in [0.5, 0.6) is 5.75 Å². The van der Waals surface area contributed by atoms with Crippen molar-refractivity contribution in [3.05, 3.63) is 29.8 Å². The Morgan fingerprint density at radius 2 is 2.08 bits per heavy atom. The summed E-state index contributed by atoms with van der Waals surface area (Å²) < 4.78 is 5.55. The highest BCUT2D eigenvalue weighted by Crippen LogP contribution is 2.19. The van der Waals surface area contributed by atoms with Crippen LogP contribution in [0.3, 0.4) is 0 Å². The third-order valence-corrected chi connectivity index (χ3v) is 2.00. The highest BCUT2D eigenvalue weighted by molar-refractivity contribution is 5.30. The highest BCUT2D eigenvalue weighted by atomic mass is 16.5. The standard InChI is InChI=1S/C12H18O/c1-4-8-13-12-7-5-6-11(9-12)10(2)3/h5-7,9-10H,4,8H2,1-3H3. The molecule has 0 N–H and O–H groups in total. The van der Waals surface area contributed by atoms with E-state index >= 15 is 0 Å². The average Bonchev–Trinajstić information content (AvgIpc) is 2.15. The fourth-order valence-corrected chi connectivity index (χ4v) is 1.18. The first kappa shape index (κ1) is 10.1. The lowest BCUT2D eigenvalue weighted by Gasteiger charge is -2.08. The summed E-state index contributed by atoms with van der Waals surface area (Å²) in [4.78, 5) is 0. The molecule has 0 aliphatic rings. The third kappa shape index (κ3) is 3.10. The molecule has 0 saturated carbocycles. The Balaban J connectivity index is 2.68. The van der Waals surface area contributed by atoms with Crippen molar-refractivity contribution in [2.45, 2.75) is 33.1 Å². The monoisotopic (exact) mass is 178 g/mol. The van der Waals surface area contributed by atoms with Gasteiger partial charge in [-0.25, -0.2) is 0 Å². The van der Waals surface area contributed by atoms with Crippen LogP contribution in [0.1, 0.15) is 38.7 Å². The Hall–Kier alpha value is -0.980. The van der Waals surface area contributed by atoms with Gasteiger partial charge < -0.3 is 4.74 Å². The molecule has 72 valence electrons. The van der Waals surface area contributed by atoms with E-state index in [0.717, 1.165) is 18.8 Å². The molecule has 0 aliphatic carbocycles. The minimum Gasteiger partial charge on any atom is -0.494 e. The predicted molar refractivity (Wildman–Crippen MR) is 56.3 cm³/mol. The van der Waals surface area contributed by atoms with Crippen molar-refractivity contribution in [3.63, 3.8) is 0 Å². The molecule has 0 saturated heterocycles. The fraction of sp³-hybridized carbons (Fsp3) is 0.500. The van der Waals surface area contributed by atoms with E-state index in [-0.39, 0.29) is 0 Å². The van der Waals surface area contributed by atoms with Gasteiger partial charge in [-0.1, -0.05) is 32.9 Å². The second kappa shape index (κ2) is 4.90. The highest BCUT2D eigenvalue weighted by Gasteiger charge is 1.99. The summed E-state index contributed by atoms with van der Waals surface area (Å²) >= 11 is 0. The van der Waals surface area contributed by atoms with Crippen LogP contribution in [0.15, 0.2) is 24.3 Å². The first-order valence-electron chi connectivity index (χ1n) is 4.96. The van der Waals surface area contributed by atoms with E-state index < -0.39 is 0 Å². The number of hydrogen-bond donors (Lipinski definition) is 0. The van der Waals surface area contributed by atoms with Gasteiger partial charge in [0.05, 0.1) is 6.61 Å². The topological polar surface area (TPSA) is 9.23 Å². The predicted octanol–water partition coefficient (Wildman–Crippen LogP) is 3.60. The number of rotatable bonds is 4. The molecule has 0 amide bonds. The second-order valence-electron chi connectivity index (χ2n) is 3.58. The van der Waals surface area contributed by atoms with E-state index in [9.17, 15) is 0 Å². The third-order valence-electron chi connectivity index (χ3n) is 2.00. The van der Waals surface area contributed by atoms with E-state index in [1.807, 2.05) is 6.07 Å². The zero-order chi connectivity index (χ0) is 9.68. The molecule has 0 aliphatic heterocycles. The Labute approximate surface area is 80.7 Å². The first-order chi connectivity index (χ1) is 6.24. The van der Waals surface area contributed by atoms with Gasteiger partial charge in [-0.05, 0) is 30.0 Å². The summed E-state index contributed by atoms with van der Waals surface area (Å²) in [5.41, 5.74) is 1.34. The van der Waals surface area contributed by atoms with Crippen molar-refractivity contribution in [2.24, 2.45) is 0 Å². The van der Waals surface area contributed by atoms with Gasteiger partial charge in [-0.15, -0.1) is 0 Å². The van der Waals surface area contributed by atoms with Gasteiger partial charge in [0, 0.05) is 0 Å². The van der Waals surface area contributed by atoms with Crippen molar-refractivity contribution < 1.29 is 4.74 Å². The zero-order valence-corrected chi connectivity index (χ0v) is 8.71. The molecule has 1 rings (SSSR count). The maximum absolute atomic E-state index is 5.55. The summed E-state index contributed by atoms with van der Waals surface area (Å²) in [5, 5.41) is 0. The summed E-state index contributed by atoms with van der Waals surface area (Å²) in [7, 11) is 0. The van der Waals surface area contributed by atoms with E-state index in [0.29, 0.717) is 5.92 Å². The lowest BCUT2D eigenvalue weighted by atomic mass is 10.0. The lowest BCUT2D eigenvalue weighted by molar-refractivity contribution is 0.317. The molecule has 0 bridgehead atoms. The number of ether oxygens (including phenoxy) is 1. The molecule has 0 heterocycles. The van der Waals surface area contributed by atoms with E-state index in [1.165, 1.54) is 5.56 Å². The molecular weight excluding hydrogens is 160 g/mol. The summed E-state index contributed by atoms with van der Waals surface area (Å²) in [6.07, 6.45) is 1.06. The molecule has 0 fully saturated rings. The minimum atomic E-state index is 0.574. The van der Waals surface area contributed by atoms with Gasteiger partial charge in [-0.3, -0.25) is 0 Å². The van der Waals surface area contributed by atoms with Crippen LogP contribution in [0.2, 0.25) is 0 Å². The Kier molecular flexibility index (Phi) is 3.81. The summed E-state index contributed by atoms with van der Waals surface area (Å²) in [6, 6.07) is 8.34. The summed E-state index contributed by atoms with van der Waals surface area (Å²) in [5.74, 6) is 1.57. The van der Waals surface area contributed by atoms with Gasteiger partial charge in [0.15, 0.2) is 0 Å². The van der Waals surface area contributed by atoms with Gasteiger partial charge in [-0.2, -0.15) is 0 Å². The van der Waals surface area contributed by atoms with E-state index in [1.54, 1.807) is 0 Å². The van der Waals surface area contributed by atoms with Gasteiger partial charge in [0.2, 0.25) is 0 Å². The van der Waals surface area contributed by atoms with Crippen LogP contribution in [0.4, 0.5) is 0 Å². The summed E-state index contributed by atoms with van der Waals surface area (Å²) in [6.45, 7) is 7.31. The molecular formula is C12H18O. The Bertz CT molecular complexity index is 253. The fourth-order valence-electron chi connectivity index (χ4n) is 1.18. The van der Waals surface area contributed by atoms with Gasteiger partial charge in [0.25, 0.3) is 0 Å². The molecule has 0 unspecified atom stereocenters. The maximum Gasteiger partial charge on any atom is 0.119 e. The zero-order valence-electron chi connectivity index (χ0n) is 8.71. The van der Waals surface area contributed by atoms with Crippen LogP contribution >= 0.6 is 0 Å².